The molecule has 0 fully saturated rings. The van der Waals surface area contributed by atoms with Crippen molar-refractivity contribution in [3.05, 3.63) is 77.1 Å². The molecule has 3 aromatic rings. The molecule has 0 amide bonds. The minimum atomic E-state index is -0.0133. The predicted octanol–water partition coefficient (Wildman–Crippen LogP) is 4.05. The van der Waals surface area contributed by atoms with Crippen LogP contribution in [0, 0.1) is 0 Å². The van der Waals surface area contributed by atoms with Gasteiger partial charge in [0.15, 0.2) is 0 Å². The van der Waals surface area contributed by atoms with Gasteiger partial charge in [-0.1, -0.05) is 35.9 Å². The zero-order valence-corrected chi connectivity index (χ0v) is 14.8. The number of fused-ring (bicyclic) bond motifs is 1. The second-order valence-corrected chi connectivity index (χ2v) is 6.61. The van der Waals surface area contributed by atoms with Gasteiger partial charge in [0.2, 0.25) is 5.95 Å². The first-order valence-electron chi connectivity index (χ1n) is 8.03. The van der Waals surface area contributed by atoms with Crippen LogP contribution >= 0.6 is 11.6 Å². The number of rotatable bonds is 3. The third kappa shape index (κ3) is 2.98. The monoisotopic (exact) mass is 351 g/mol. The van der Waals surface area contributed by atoms with Gasteiger partial charge in [0.1, 0.15) is 12.4 Å². The molecule has 1 N–H and O–H groups in total. The molecular formula is C19H18ClN5. The van der Waals surface area contributed by atoms with Crippen molar-refractivity contribution in [2.75, 3.05) is 24.3 Å². The number of benzene rings is 2. The fourth-order valence-corrected chi connectivity index (χ4v) is 3.06. The fraction of sp³-hybridized carbons (Fsp3) is 0.158. The molecule has 0 spiro atoms. The quantitative estimate of drug-likeness (QED) is 0.773. The van der Waals surface area contributed by atoms with Gasteiger partial charge in [-0.2, -0.15) is 10.1 Å². The minimum Gasteiger partial charge on any atom is -0.378 e. The van der Waals surface area contributed by atoms with Crippen LogP contribution in [0.4, 0.5) is 11.6 Å². The molecule has 0 aliphatic carbocycles. The Kier molecular flexibility index (Phi) is 3.93. The van der Waals surface area contributed by atoms with Crippen molar-refractivity contribution in [2.24, 2.45) is 0 Å². The molecule has 0 unspecified atom stereocenters. The summed E-state index contributed by atoms with van der Waals surface area (Å²) in [5.41, 5.74) is 4.39. The fourth-order valence-electron chi connectivity index (χ4n) is 2.94. The van der Waals surface area contributed by atoms with Crippen LogP contribution in [0.15, 0.2) is 60.9 Å². The van der Waals surface area contributed by atoms with Crippen LogP contribution in [-0.2, 0) is 0 Å². The molecule has 6 heteroatoms. The van der Waals surface area contributed by atoms with Crippen molar-refractivity contribution in [1.29, 1.82) is 0 Å². The highest BCUT2D eigenvalue weighted by Gasteiger charge is 2.23. The first kappa shape index (κ1) is 15.7. The van der Waals surface area contributed by atoms with E-state index in [1.54, 1.807) is 6.33 Å². The average molecular weight is 352 g/mol. The summed E-state index contributed by atoms with van der Waals surface area (Å²) in [6.07, 6.45) is 3.73. The van der Waals surface area contributed by atoms with E-state index in [-0.39, 0.29) is 6.04 Å². The van der Waals surface area contributed by atoms with Gasteiger partial charge < -0.3 is 10.2 Å². The lowest BCUT2D eigenvalue weighted by Gasteiger charge is -2.25. The van der Waals surface area contributed by atoms with Gasteiger partial charge in [0, 0.05) is 30.5 Å². The Morgan fingerprint density at radius 2 is 1.76 bits per heavy atom. The number of allylic oxidation sites excluding steroid dienone is 1. The molecule has 4 rings (SSSR count). The van der Waals surface area contributed by atoms with Crippen LogP contribution in [0.25, 0.3) is 5.70 Å². The van der Waals surface area contributed by atoms with Gasteiger partial charge in [-0.25, -0.2) is 4.68 Å². The van der Waals surface area contributed by atoms with Crippen LogP contribution in [0.5, 0.6) is 0 Å². The van der Waals surface area contributed by atoms with E-state index in [1.165, 1.54) is 5.69 Å². The van der Waals surface area contributed by atoms with E-state index in [0.29, 0.717) is 0 Å². The largest absolute Gasteiger partial charge is 0.378 e. The maximum atomic E-state index is 6.01. The smallest absolute Gasteiger partial charge is 0.226 e. The number of anilines is 2. The summed E-state index contributed by atoms with van der Waals surface area (Å²) >= 11 is 6.01. The Balaban J connectivity index is 1.75. The third-order valence-electron chi connectivity index (χ3n) is 4.31. The Labute approximate surface area is 151 Å². The summed E-state index contributed by atoms with van der Waals surface area (Å²) in [7, 11) is 4.07. The van der Waals surface area contributed by atoms with Crippen LogP contribution in [0.2, 0.25) is 5.02 Å². The normalized spacial score (nSPS) is 16.0. The SMILES string of the molecule is CN(C)c1ccc([C@@H]2C=C(c3ccc(Cl)cc3)Nc3ncnn32)cc1. The van der Waals surface area contributed by atoms with Crippen molar-refractivity contribution in [2.45, 2.75) is 6.04 Å². The van der Waals surface area contributed by atoms with E-state index in [9.17, 15) is 0 Å². The lowest BCUT2D eigenvalue weighted by Crippen LogP contribution is -2.20. The molecule has 126 valence electrons. The molecular weight excluding hydrogens is 334 g/mol. The zero-order chi connectivity index (χ0) is 17.4. The van der Waals surface area contributed by atoms with Crippen LogP contribution in [0.3, 0.4) is 0 Å². The van der Waals surface area contributed by atoms with Crippen LogP contribution in [-0.4, -0.2) is 28.9 Å². The molecule has 1 atom stereocenters. The summed E-state index contributed by atoms with van der Waals surface area (Å²) in [4.78, 5) is 6.42. The van der Waals surface area contributed by atoms with E-state index in [0.717, 1.165) is 27.8 Å². The first-order valence-corrected chi connectivity index (χ1v) is 8.41. The number of hydrogen-bond donors (Lipinski definition) is 1. The summed E-state index contributed by atoms with van der Waals surface area (Å²) in [5.74, 6) is 0.731. The van der Waals surface area contributed by atoms with Crippen molar-refractivity contribution in [3.8, 4) is 0 Å². The van der Waals surface area contributed by atoms with Gasteiger partial charge in [-0.3, -0.25) is 0 Å². The highest BCUT2D eigenvalue weighted by Crippen LogP contribution is 2.32. The van der Waals surface area contributed by atoms with Gasteiger partial charge in [-0.15, -0.1) is 0 Å². The van der Waals surface area contributed by atoms with Crippen molar-refractivity contribution < 1.29 is 0 Å². The number of hydrogen-bond acceptors (Lipinski definition) is 4. The molecule has 1 aliphatic rings. The van der Waals surface area contributed by atoms with Crippen molar-refractivity contribution >= 4 is 28.9 Å². The van der Waals surface area contributed by atoms with E-state index < -0.39 is 0 Å². The second kappa shape index (κ2) is 6.26. The Morgan fingerprint density at radius 3 is 2.44 bits per heavy atom. The Morgan fingerprint density at radius 1 is 1.04 bits per heavy atom. The molecule has 0 bridgehead atoms. The Hall–Kier alpha value is -2.79. The van der Waals surface area contributed by atoms with Gasteiger partial charge in [0.25, 0.3) is 0 Å². The second-order valence-electron chi connectivity index (χ2n) is 6.17. The van der Waals surface area contributed by atoms with Gasteiger partial charge in [0.05, 0.1) is 0 Å². The van der Waals surface area contributed by atoms with Gasteiger partial charge in [-0.05, 0) is 41.5 Å². The average Bonchev–Trinajstić information content (AvgIpc) is 3.10. The standard InChI is InChI=1S/C19H18ClN5/c1-24(2)16-9-5-14(6-10-16)18-11-17(13-3-7-15(20)8-4-13)23-19-21-12-22-25(18)19/h3-12,18H,1-2H3,(H,21,22,23)/t18-/m0/s1. The molecule has 2 heterocycles. The molecule has 2 aromatic carbocycles. The summed E-state index contributed by atoms with van der Waals surface area (Å²) < 4.78 is 1.89. The lowest BCUT2D eigenvalue weighted by atomic mass is 10.0. The molecule has 1 aromatic heterocycles. The number of nitrogens with zero attached hydrogens (tertiary/aromatic N) is 4. The highest BCUT2D eigenvalue weighted by atomic mass is 35.5. The van der Waals surface area contributed by atoms with E-state index in [2.05, 4.69) is 50.6 Å². The minimum absolute atomic E-state index is 0.0133. The molecule has 0 saturated heterocycles. The highest BCUT2D eigenvalue weighted by molar-refractivity contribution is 6.30. The third-order valence-corrected chi connectivity index (χ3v) is 4.57. The summed E-state index contributed by atoms with van der Waals surface area (Å²) in [6, 6.07) is 16.3. The molecule has 0 saturated carbocycles. The van der Waals surface area contributed by atoms with Crippen molar-refractivity contribution in [1.82, 2.24) is 14.8 Å². The number of aromatic nitrogens is 3. The first-order chi connectivity index (χ1) is 12.1. The molecule has 25 heavy (non-hydrogen) atoms. The molecule has 1 aliphatic heterocycles. The summed E-state index contributed by atoms with van der Waals surface area (Å²) in [5, 5.41) is 8.44. The maximum Gasteiger partial charge on any atom is 0.226 e. The van der Waals surface area contributed by atoms with Crippen LogP contribution in [0.1, 0.15) is 17.2 Å². The maximum absolute atomic E-state index is 6.01. The topological polar surface area (TPSA) is 46.0 Å². The van der Waals surface area contributed by atoms with E-state index >= 15 is 0 Å². The Bertz CT molecular complexity index is 910. The summed E-state index contributed by atoms with van der Waals surface area (Å²) in [6.45, 7) is 0. The van der Waals surface area contributed by atoms with E-state index in [1.807, 2.05) is 43.0 Å². The molecule has 0 radical (unpaired) electrons. The lowest BCUT2D eigenvalue weighted by molar-refractivity contribution is 0.612. The molecule has 5 nitrogen and oxygen atoms in total. The predicted molar refractivity (Wildman–Crippen MR) is 102 cm³/mol. The number of halogens is 1. The van der Waals surface area contributed by atoms with Gasteiger partial charge >= 0.3 is 0 Å². The zero-order valence-electron chi connectivity index (χ0n) is 14.0. The number of nitrogens with one attached hydrogen (secondary N) is 1. The van der Waals surface area contributed by atoms with Crippen LogP contribution < -0.4 is 10.2 Å². The van der Waals surface area contributed by atoms with Crippen molar-refractivity contribution in [3.63, 3.8) is 0 Å². The van der Waals surface area contributed by atoms with E-state index in [4.69, 9.17) is 11.6 Å².